The maximum atomic E-state index is 12.9. The Morgan fingerprint density at radius 1 is 1.17 bits per heavy atom. The molecule has 2 atom stereocenters. The van der Waals surface area contributed by atoms with Crippen molar-refractivity contribution in [3.63, 3.8) is 0 Å². The SMILES string of the molecule is CC(C)(C)OC(=O)[C@@H]1C[C@]2(C=C(c3cccc(Cl)c3)NO2)CN1C(=O)OC(C)(C)C. The highest BCUT2D eigenvalue weighted by molar-refractivity contribution is 6.30. The number of carbonyl (C=O) groups is 2. The predicted molar refractivity (Wildman–Crippen MR) is 114 cm³/mol. The summed E-state index contributed by atoms with van der Waals surface area (Å²) in [5.74, 6) is -0.488. The minimum atomic E-state index is -0.879. The summed E-state index contributed by atoms with van der Waals surface area (Å²) >= 11 is 6.10. The van der Waals surface area contributed by atoms with Crippen LogP contribution < -0.4 is 5.48 Å². The van der Waals surface area contributed by atoms with Crippen LogP contribution in [0.3, 0.4) is 0 Å². The highest BCUT2D eigenvalue weighted by Crippen LogP contribution is 2.39. The average Bonchev–Trinajstić information content (AvgIpc) is 3.17. The van der Waals surface area contributed by atoms with Crippen molar-refractivity contribution in [2.24, 2.45) is 0 Å². The van der Waals surface area contributed by atoms with E-state index in [0.717, 1.165) is 11.3 Å². The van der Waals surface area contributed by atoms with E-state index in [2.05, 4.69) is 5.48 Å². The van der Waals surface area contributed by atoms with E-state index in [4.69, 9.17) is 25.9 Å². The Morgan fingerprint density at radius 2 is 1.83 bits per heavy atom. The lowest BCUT2D eigenvalue weighted by atomic mass is 9.98. The van der Waals surface area contributed by atoms with Crippen LogP contribution in [0.5, 0.6) is 0 Å². The molecule has 8 heteroatoms. The maximum absolute atomic E-state index is 12.9. The fraction of sp³-hybridized carbons (Fsp3) is 0.545. The first-order valence-electron chi connectivity index (χ1n) is 9.92. The molecule has 164 valence electrons. The Balaban J connectivity index is 1.89. The molecule has 0 saturated carbocycles. The summed E-state index contributed by atoms with van der Waals surface area (Å²) in [6.45, 7) is 10.9. The molecule has 3 rings (SSSR count). The standard InChI is InChI=1S/C22H29ClN2O5/c1-20(2,3)28-18(26)17-12-22(13-25(17)19(27)29-21(4,5)6)11-16(24-30-22)14-8-7-9-15(23)10-14/h7-11,17,24H,12-13H2,1-6H3/t17-,22+/m0/s1. The number of likely N-dealkylation sites (tertiary alicyclic amines) is 1. The first-order valence-corrected chi connectivity index (χ1v) is 10.3. The highest BCUT2D eigenvalue weighted by Gasteiger charge is 2.53. The van der Waals surface area contributed by atoms with Gasteiger partial charge in [0.1, 0.15) is 22.8 Å². The van der Waals surface area contributed by atoms with Crippen molar-refractivity contribution in [1.82, 2.24) is 10.4 Å². The van der Waals surface area contributed by atoms with Gasteiger partial charge in [-0.2, -0.15) is 0 Å². The molecule has 1 fully saturated rings. The number of hydrogen-bond acceptors (Lipinski definition) is 6. The number of nitrogens with zero attached hydrogens (tertiary/aromatic N) is 1. The van der Waals surface area contributed by atoms with Crippen molar-refractivity contribution in [1.29, 1.82) is 0 Å². The van der Waals surface area contributed by atoms with Crippen molar-refractivity contribution < 1.29 is 23.9 Å². The Bertz CT molecular complexity index is 833. The Morgan fingerprint density at radius 3 is 2.43 bits per heavy atom. The van der Waals surface area contributed by atoms with Crippen LogP contribution in [0, 0.1) is 0 Å². The lowest BCUT2D eigenvalue weighted by molar-refractivity contribution is -0.160. The number of ether oxygens (including phenoxy) is 2. The maximum Gasteiger partial charge on any atom is 0.411 e. The molecule has 1 saturated heterocycles. The third kappa shape index (κ3) is 5.26. The molecule has 0 bridgehead atoms. The normalized spacial score (nSPS) is 23.9. The van der Waals surface area contributed by atoms with Gasteiger partial charge in [0, 0.05) is 17.0 Å². The largest absolute Gasteiger partial charge is 0.458 e. The van der Waals surface area contributed by atoms with E-state index >= 15 is 0 Å². The number of hydrogen-bond donors (Lipinski definition) is 1. The molecule has 1 aromatic rings. The Labute approximate surface area is 182 Å². The Kier molecular flexibility index (Phi) is 5.82. The molecule has 2 heterocycles. The third-order valence-corrected chi connectivity index (χ3v) is 4.80. The number of hydroxylamine groups is 1. The second kappa shape index (κ2) is 7.78. The minimum Gasteiger partial charge on any atom is -0.458 e. The molecule has 7 nitrogen and oxygen atoms in total. The summed E-state index contributed by atoms with van der Waals surface area (Å²) in [6.07, 6.45) is 1.56. The van der Waals surface area contributed by atoms with Crippen LogP contribution in [-0.4, -0.2) is 46.4 Å². The van der Waals surface area contributed by atoms with E-state index in [1.165, 1.54) is 4.90 Å². The van der Waals surface area contributed by atoms with Gasteiger partial charge in [-0.05, 0) is 59.8 Å². The molecule has 1 amide bonds. The fourth-order valence-corrected chi connectivity index (χ4v) is 3.64. The van der Waals surface area contributed by atoms with Crippen molar-refractivity contribution in [2.45, 2.75) is 70.8 Å². The second-order valence-electron chi connectivity index (χ2n) is 9.70. The molecule has 1 aromatic carbocycles. The molecule has 1 N–H and O–H groups in total. The van der Waals surface area contributed by atoms with Gasteiger partial charge in [0.2, 0.25) is 0 Å². The fourth-order valence-electron chi connectivity index (χ4n) is 3.45. The topological polar surface area (TPSA) is 77.1 Å². The van der Waals surface area contributed by atoms with Crippen LogP contribution >= 0.6 is 11.6 Å². The van der Waals surface area contributed by atoms with Crippen molar-refractivity contribution in [2.75, 3.05) is 6.54 Å². The lowest BCUT2D eigenvalue weighted by Gasteiger charge is -2.29. The summed E-state index contributed by atoms with van der Waals surface area (Å²) in [6, 6.07) is 6.52. The molecule has 0 aromatic heterocycles. The van der Waals surface area contributed by atoms with E-state index in [9.17, 15) is 9.59 Å². The van der Waals surface area contributed by atoms with Gasteiger partial charge >= 0.3 is 12.1 Å². The molecule has 2 aliphatic rings. The molecule has 0 aliphatic carbocycles. The van der Waals surface area contributed by atoms with Crippen molar-refractivity contribution in [3.8, 4) is 0 Å². The second-order valence-corrected chi connectivity index (χ2v) is 10.1. The van der Waals surface area contributed by atoms with Gasteiger partial charge < -0.3 is 9.47 Å². The van der Waals surface area contributed by atoms with Gasteiger partial charge in [0.15, 0.2) is 0 Å². The van der Waals surface area contributed by atoms with Crippen LogP contribution in [0.4, 0.5) is 4.79 Å². The molecule has 2 aliphatic heterocycles. The molecule has 30 heavy (non-hydrogen) atoms. The van der Waals surface area contributed by atoms with Gasteiger partial charge in [-0.1, -0.05) is 23.7 Å². The van der Waals surface area contributed by atoms with Gasteiger partial charge in [-0.15, -0.1) is 0 Å². The minimum absolute atomic E-state index is 0.156. The van der Waals surface area contributed by atoms with Crippen LogP contribution in [-0.2, 0) is 19.1 Å². The van der Waals surface area contributed by atoms with Gasteiger partial charge in [0.05, 0.1) is 12.2 Å². The monoisotopic (exact) mass is 436 g/mol. The van der Waals surface area contributed by atoms with E-state index in [0.29, 0.717) is 5.02 Å². The zero-order valence-electron chi connectivity index (χ0n) is 18.2. The molecule has 0 unspecified atom stereocenters. The zero-order chi connectivity index (χ0) is 22.3. The van der Waals surface area contributed by atoms with E-state index in [-0.39, 0.29) is 13.0 Å². The molecule has 0 radical (unpaired) electrons. The average molecular weight is 437 g/mol. The van der Waals surface area contributed by atoms with Gasteiger partial charge in [-0.3, -0.25) is 15.2 Å². The van der Waals surface area contributed by atoms with E-state index < -0.39 is 34.9 Å². The summed E-state index contributed by atoms with van der Waals surface area (Å²) < 4.78 is 11.1. The number of benzene rings is 1. The number of amides is 1. The number of rotatable bonds is 2. The number of carbonyl (C=O) groups excluding carboxylic acids is 2. The van der Waals surface area contributed by atoms with Crippen LogP contribution in [0.25, 0.3) is 5.70 Å². The first-order chi connectivity index (χ1) is 13.8. The van der Waals surface area contributed by atoms with Crippen LogP contribution in [0.2, 0.25) is 5.02 Å². The van der Waals surface area contributed by atoms with E-state index in [1.54, 1.807) is 47.6 Å². The molecule has 1 spiro atoms. The summed E-state index contributed by atoms with van der Waals surface area (Å²) in [7, 11) is 0. The summed E-state index contributed by atoms with van der Waals surface area (Å²) in [5.41, 5.74) is 2.25. The van der Waals surface area contributed by atoms with Crippen molar-refractivity contribution in [3.05, 3.63) is 40.9 Å². The zero-order valence-corrected chi connectivity index (χ0v) is 19.0. The van der Waals surface area contributed by atoms with Crippen LogP contribution in [0.1, 0.15) is 53.5 Å². The number of esters is 1. The Hall–Kier alpha value is -2.25. The smallest absolute Gasteiger partial charge is 0.411 e. The summed E-state index contributed by atoms with van der Waals surface area (Å²) in [5, 5.41) is 0.601. The number of halogens is 1. The van der Waals surface area contributed by atoms with Gasteiger partial charge in [-0.25, -0.2) is 9.59 Å². The number of nitrogens with one attached hydrogen (secondary N) is 1. The predicted octanol–water partition coefficient (Wildman–Crippen LogP) is 4.31. The lowest BCUT2D eigenvalue weighted by Crippen LogP contribution is -2.46. The quantitative estimate of drug-likeness (QED) is 0.696. The molecular formula is C22H29ClN2O5. The summed E-state index contributed by atoms with van der Waals surface area (Å²) in [4.78, 5) is 33.0. The van der Waals surface area contributed by atoms with E-state index in [1.807, 2.05) is 24.3 Å². The van der Waals surface area contributed by atoms with Crippen molar-refractivity contribution >= 4 is 29.4 Å². The van der Waals surface area contributed by atoms with Crippen LogP contribution in [0.15, 0.2) is 30.3 Å². The first kappa shape index (κ1) is 22.4. The highest BCUT2D eigenvalue weighted by atomic mass is 35.5. The van der Waals surface area contributed by atoms with Gasteiger partial charge in [0.25, 0.3) is 0 Å². The third-order valence-electron chi connectivity index (χ3n) is 4.57. The molecular weight excluding hydrogens is 408 g/mol.